The van der Waals surface area contributed by atoms with E-state index in [-0.39, 0.29) is 5.78 Å². The van der Waals surface area contributed by atoms with Gasteiger partial charge < -0.3 is 0 Å². The van der Waals surface area contributed by atoms with Crippen molar-refractivity contribution in [1.82, 2.24) is 0 Å². The van der Waals surface area contributed by atoms with Gasteiger partial charge >= 0.3 is 0 Å². The van der Waals surface area contributed by atoms with Crippen molar-refractivity contribution in [3.63, 3.8) is 0 Å². The third-order valence-electron chi connectivity index (χ3n) is 3.18. The Bertz CT molecular complexity index is 279. The van der Waals surface area contributed by atoms with E-state index in [0.29, 0.717) is 11.8 Å². The maximum atomic E-state index is 11.0. The molecule has 0 atom stereocenters. The molecule has 0 aromatic rings. The van der Waals surface area contributed by atoms with Crippen molar-refractivity contribution in [2.24, 2.45) is 5.41 Å². The molecule has 110 valence electrons. The van der Waals surface area contributed by atoms with Gasteiger partial charge in [-0.3, -0.25) is 4.79 Å². The molecule has 19 heavy (non-hydrogen) atoms. The number of carbonyl (C=O) groups excluding carboxylic acids is 1. The molecule has 0 rings (SSSR count). The molecule has 1 nitrogen and oxygen atoms in total. The van der Waals surface area contributed by atoms with Crippen LogP contribution in [0.1, 0.15) is 79.1 Å². The predicted molar refractivity (Wildman–Crippen MR) is 85.4 cm³/mol. The Kier molecular flexibility index (Phi) is 10.5. The van der Waals surface area contributed by atoms with Crippen molar-refractivity contribution in [1.29, 1.82) is 0 Å². The molecule has 0 radical (unpaired) electrons. The monoisotopic (exact) mass is 264 g/mol. The fraction of sp³-hybridized carbons (Fsp3) is 0.722. The third-order valence-corrected chi connectivity index (χ3v) is 3.18. The number of unbranched alkanes of at least 4 members (excludes halogenated alkanes) is 5. The molecule has 0 aromatic heterocycles. The van der Waals surface area contributed by atoms with Gasteiger partial charge in [0.1, 0.15) is 0 Å². The van der Waals surface area contributed by atoms with Crippen LogP contribution in [-0.2, 0) is 4.79 Å². The first-order chi connectivity index (χ1) is 8.95. The van der Waals surface area contributed by atoms with Crippen LogP contribution in [0.15, 0.2) is 24.3 Å². The van der Waals surface area contributed by atoms with E-state index in [9.17, 15) is 4.79 Å². The first kappa shape index (κ1) is 18.1. The molecular weight excluding hydrogens is 232 g/mol. The lowest BCUT2D eigenvalue weighted by Gasteiger charge is -2.17. The molecule has 0 aromatic carbocycles. The minimum atomic E-state index is 0.198. The van der Waals surface area contributed by atoms with Gasteiger partial charge in [0, 0.05) is 6.42 Å². The van der Waals surface area contributed by atoms with Crippen LogP contribution in [0.3, 0.4) is 0 Å². The average Bonchev–Trinajstić information content (AvgIpc) is 2.34. The van der Waals surface area contributed by atoms with Crippen LogP contribution in [0.2, 0.25) is 0 Å². The van der Waals surface area contributed by atoms with Crippen LogP contribution in [0.5, 0.6) is 0 Å². The van der Waals surface area contributed by atoms with Gasteiger partial charge in [0.15, 0.2) is 5.78 Å². The quantitative estimate of drug-likeness (QED) is 0.274. The van der Waals surface area contributed by atoms with Crippen LogP contribution in [0.25, 0.3) is 0 Å². The summed E-state index contributed by atoms with van der Waals surface area (Å²) in [6.07, 6.45) is 17.4. The molecule has 0 bridgehead atoms. The highest BCUT2D eigenvalue weighted by Gasteiger charge is 2.08. The Morgan fingerprint density at radius 1 is 0.947 bits per heavy atom. The third kappa shape index (κ3) is 15.1. The van der Waals surface area contributed by atoms with E-state index in [0.717, 1.165) is 6.42 Å². The molecule has 0 spiro atoms. The summed E-state index contributed by atoms with van der Waals surface area (Å²) >= 11 is 0. The number of ketones is 1. The van der Waals surface area contributed by atoms with Crippen molar-refractivity contribution < 1.29 is 4.79 Å². The van der Waals surface area contributed by atoms with Crippen LogP contribution >= 0.6 is 0 Å². The van der Waals surface area contributed by atoms with Gasteiger partial charge in [-0.1, -0.05) is 71.6 Å². The van der Waals surface area contributed by atoms with Crippen molar-refractivity contribution in [3.8, 4) is 0 Å². The van der Waals surface area contributed by atoms with E-state index in [1.165, 1.54) is 38.5 Å². The Balaban J connectivity index is 3.34. The highest BCUT2D eigenvalue weighted by molar-refractivity contribution is 5.89. The number of hydrogen-bond acceptors (Lipinski definition) is 1. The van der Waals surface area contributed by atoms with Gasteiger partial charge in [0.2, 0.25) is 0 Å². The van der Waals surface area contributed by atoms with Crippen LogP contribution in [0, 0.1) is 5.41 Å². The van der Waals surface area contributed by atoms with Gasteiger partial charge in [-0.15, -0.1) is 0 Å². The summed E-state index contributed by atoms with van der Waals surface area (Å²) in [6, 6.07) is 0. The van der Waals surface area contributed by atoms with Crippen LogP contribution in [-0.4, -0.2) is 5.78 Å². The van der Waals surface area contributed by atoms with Crippen molar-refractivity contribution in [3.05, 3.63) is 24.3 Å². The minimum absolute atomic E-state index is 0.198. The van der Waals surface area contributed by atoms with Gasteiger partial charge in [-0.2, -0.15) is 0 Å². The van der Waals surface area contributed by atoms with Crippen LogP contribution in [0.4, 0.5) is 0 Å². The highest BCUT2D eigenvalue weighted by Crippen LogP contribution is 2.22. The van der Waals surface area contributed by atoms with Crippen molar-refractivity contribution >= 4 is 5.78 Å². The van der Waals surface area contributed by atoms with Gasteiger partial charge in [-0.25, -0.2) is 0 Å². The second-order valence-electron chi connectivity index (χ2n) is 6.47. The zero-order chi connectivity index (χ0) is 14.6. The second-order valence-corrected chi connectivity index (χ2v) is 6.47. The van der Waals surface area contributed by atoms with E-state index in [1.807, 2.05) is 19.1 Å². The summed E-state index contributed by atoms with van der Waals surface area (Å²) < 4.78 is 0. The molecule has 0 unspecified atom stereocenters. The van der Waals surface area contributed by atoms with E-state index in [4.69, 9.17) is 0 Å². The molecule has 0 N–H and O–H groups in total. The lowest BCUT2D eigenvalue weighted by atomic mass is 9.89. The molecule has 0 aliphatic rings. The van der Waals surface area contributed by atoms with E-state index in [1.54, 1.807) is 6.08 Å². The molecule has 0 saturated carbocycles. The Hall–Kier alpha value is -0.850. The van der Waals surface area contributed by atoms with Gasteiger partial charge in [-0.05, 0) is 30.8 Å². The number of allylic oxidation sites excluding steroid dienone is 4. The average molecular weight is 264 g/mol. The molecule has 0 amide bonds. The fourth-order valence-electron chi connectivity index (χ4n) is 1.90. The normalized spacial score (nSPS) is 12.6. The Morgan fingerprint density at radius 3 is 2.21 bits per heavy atom. The Labute approximate surface area is 120 Å². The van der Waals surface area contributed by atoms with Crippen LogP contribution < -0.4 is 0 Å². The van der Waals surface area contributed by atoms with Crippen molar-refractivity contribution in [2.45, 2.75) is 79.1 Å². The summed E-state index contributed by atoms with van der Waals surface area (Å²) in [5.74, 6) is 0.198. The van der Waals surface area contributed by atoms with Gasteiger partial charge in [0.25, 0.3) is 0 Å². The number of hydrogen-bond donors (Lipinski definition) is 0. The number of carbonyl (C=O) groups is 1. The number of rotatable bonds is 10. The summed E-state index contributed by atoms with van der Waals surface area (Å²) in [4.78, 5) is 11.0. The molecule has 0 aliphatic carbocycles. The molecule has 0 aliphatic heterocycles. The largest absolute Gasteiger partial charge is 0.295 e. The van der Waals surface area contributed by atoms with E-state index < -0.39 is 0 Å². The maximum Gasteiger partial charge on any atom is 0.155 e. The molecule has 0 heterocycles. The standard InChI is InChI=1S/C18H32O/c1-5-17(19)15-13-11-9-7-6-8-10-12-14-16-18(2,3)4/h9,11,13,15H,5-8,10,12,14,16H2,1-4H3/b11-9+,15-13+. The van der Waals surface area contributed by atoms with Crippen molar-refractivity contribution in [2.75, 3.05) is 0 Å². The zero-order valence-electron chi connectivity index (χ0n) is 13.4. The van der Waals surface area contributed by atoms with E-state index in [2.05, 4.69) is 26.8 Å². The summed E-state index contributed by atoms with van der Waals surface area (Å²) in [7, 11) is 0. The molecule has 1 heteroatoms. The Morgan fingerprint density at radius 2 is 1.58 bits per heavy atom. The van der Waals surface area contributed by atoms with E-state index >= 15 is 0 Å². The lowest BCUT2D eigenvalue weighted by molar-refractivity contribution is -0.114. The summed E-state index contributed by atoms with van der Waals surface area (Å²) in [5.41, 5.74) is 0.491. The first-order valence-electron chi connectivity index (χ1n) is 7.82. The summed E-state index contributed by atoms with van der Waals surface area (Å²) in [6.45, 7) is 8.83. The predicted octanol–water partition coefficient (Wildman–Crippen LogP) is 5.85. The fourth-order valence-corrected chi connectivity index (χ4v) is 1.90. The molecule has 0 saturated heterocycles. The second kappa shape index (κ2) is 11.0. The summed E-state index contributed by atoms with van der Waals surface area (Å²) in [5, 5.41) is 0. The smallest absolute Gasteiger partial charge is 0.155 e. The van der Waals surface area contributed by atoms with Gasteiger partial charge in [0.05, 0.1) is 0 Å². The molecular formula is C18H32O. The SMILES string of the molecule is CCC(=O)/C=C/C=C/CCCCCCCC(C)(C)C. The topological polar surface area (TPSA) is 17.1 Å². The minimum Gasteiger partial charge on any atom is -0.295 e. The first-order valence-corrected chi connectivity index (χ1v) is 7.82. The maximum absolute atomic E-state index is 11.0. The highest BCUT2D eigenvalue weighted by atomic mass is 16.1. The molecule has 0 fully saturated rings. The lowest BCUT2D eigenvalue weighted by Crippen LogP contribution is -2.03. The zero-order valence-corrected chi connectivity index (χ0v) is 13.4.